The zero-order valence-electron chi connectivity index (χ0n) is 14.7. The van der Waals surface area contributed by atoms with Crippen LogP contribution in [-0.2, 0) is 9.59 Å². The summed E-state index contributed by atoms with van der Waals surface area (Å²) in [6.45, 7) is 5.18. The minimum atomic E-state index is -0.463. The minimum Gasteiger partial charge on any atom is -0.341 e. The van der Waals surface area contributed by atoms with Crippen molar-refractivity contribution < 1.29 is 14.0 Å². The quantitative estimate of drug-likeness (QED) is 0.835. The number of benzene rings is 1. The van der Waals surface area contributed by atoms with E-state index in [4.69, 9.17) is 5.73 Å². The zero-order chi connectivity index (χ0) is 17.7. The van der Waals surface area contributed by atoms with Crippen LogP contribution in [0.25, 0.3) is 0 Å². The van der Waals surface area contributed by atoms with Gasteiger partial charge >= 0.3 is 0 Å². The Hall–Kier alpha value is -1.66. The molecule has 25 heavy (non-hydrogen) atoms. The van der Waals surface area contributed by atoms with Gasteiger partial charge in [-0.3, -0.25) is 9.59 Å². The van der Waals surface area contributed by atoms with E-state index < -0.39 is 6.04 Å². The average molecular weight is 372 g/mol. The predicted octanol–water partition coefficient (Wildman–Crippen LogP) is 2.80. The van der Waals surface area contributed by atoms with Crippen molar-refractivity contribution >= 4 is 29.9 Å². The Balaban J connectivity index is 0.00000312. The van der Waals surface area contributed by atoms with Gasteiger partial charge in [0.2, 0.25) is 11.8 Å². The van der Waals surface area contributed by atoms with Crippen LogP contribution >= 0.6 is 12.4 Å². The third-order valence-corrected chi connectivity index (χ3v) is 4.33. The molecule has 7 heteroatoms. The second-order valence-corrected chi connectivity index (χ2v) is 6.83. The van der Waals surface area contributed by atoms with Crippen molar-refractivity contribution in [3.8, 4) is 0 Å². The van der Waals surface area contributed by atoms with E-state index in [0.717, 1.165) is 0 Å². The number of carbonyl (C=O) groups excluding carboxylic acids is 2. The first kappa shape index (κ1) is 21.4. The molecule has 0 saturated carbocycles. The van der Waals surface area contributed by atoms with Crippen molar-refractivity contribution in [2.45, 2.75) is 39.2 Å². The van der Waals surface area contributed by atoms with Crippen LogP contribution in [0.5, 0.6) is 0 Å². The van der Waals surface area contributed by atoms with E-state index in [2.05, 4.69) is 5.32 Å². The van der Waals surface area contributed by atoms with E-state index in [1.165, 1.54) is 24.3 Å². The lowest BCUT2D eigenvalue weighted by molar-refractivity contribution is -0.136. The largest absolute Gasteiger partial charge is 0.341 e. The number of hydrogen-bond acceptors (Lipinski definition) is 3. The third kappa shape index (κ3) is 6.29. The molecule has 3 N–H and O–H groups in total. The SMILES string of the molecule is CC(C)C[C@H](N)C(=O)N1CCC(C(=O)Nc2ccc(F)cc2)CC1.Cl. The number of carbonyl (C=O) groups is 2. The summed E-state index contributed by atoms with van der Waals surface area (Å²) in [4.78, 5) is 26.3. The van der Waals surface area contributed by atoms with Gasteiger partial charge in [0.05, 0.1) is 6.04 Å². The van der Waals surface area contributed by atoms with Crippen LogP contribution in [0.15, 0.2) is 24.3 Å². The van der Waals surface area contributed by atoms with Gasteiger partial charge < -0.3 is 16.0 Å². The molecule has 5 nitrogen and oxygen atoms in total. The molecule has 140 valence electrons. The second-order valence-electron chi connectivity index (χ2n) is 6.83. The summed E-state index contributed by atoms with van der Waals surface area (Å²) >= 11 is 0. The van der Waals surface area contributed by atoms with E-state index >= 15 is 0 Å². The van der Waals surface area contributed by atoms with Gasteiger partial charge in [-0.25, -0.2) is 4.39 Å². The summed E-state index contributed by atoms with van der Waals surface area (Å²) in [6.07, 6.45) is 1.91. The molecule has 1 atom stereocenters. The molecule has 0 unspecified atom stereocenters. The van der Waals surface area contributed by atoms with E-state index in [1.807, 2.05) is 13.8 Å². The van der Waals surface area contributed by atoms with Crippen LogP contribution < -0.4 is 11.1 Å². The molecule has 0 aromatic heterocycles. The Bertz CT molecular complexity index is 572. The number of likely N-dealkylation sites (tertiary alicyclic amines) is 1. The number of rotatable bonds is 5. The molecule has 0 aliphatic carbocycles. The summed E-state index contributed by atoms with van der Waals surface area (Å²) < 4.78 is 12.9. The number of nitrogens with one attached hydrogen (secondary N) is 1. The summed E-state index contributed by atoms with van der Waals surface area (Å²) in [6, 6.07) is 5.24. The summed E-state index contributed by atoms with van der Waals surface area (Å²) in [7, 11) is 0. The number of nitrogens with zero attached hydrogens (tertiary/aromatic N) is 1. The number of anilines is 1. The lowest BCUT2D eigenvalue weighted by atomic mass is 9.94. The standard InChI is InChI=1S/C18H26FN3O2.ClH/c1-12(2)11-16(20)18(24)22-9-7-13(8-10-22)17(23)21-15-5-3-14(19)4-6-15;/h3-6,12-13,16H,7-11,20H2,1-2H3,(H,21,23);1H/t16-;/m0./s1. The third-order valence-electron chi connectivity index (χ3n) is 4.33. The lowest BCUT2D eigenvalue weighted by Crippen LogP contribution is -2.48. The minimum absolute atomic E-state index is 0. The predicted molar refractivity (Wildman–Crippen MR) is 99.0 cm³/mol. The van der Waals surface area contributed by atoms with Crippen molar-refractivity contribution in [2.24, 2.45) is 17.6 Å². The molecule has 1 fully saturated rings. The fourth-order valence-electron chi connectivity index (χ4n) is 2.98. The molecule has 0 radical (unpaired) electrons. The Morgan fingerprint density at radius 1 is 1.24 bits per heavy atom. The van der Waals surface area contributed by atoms with Gasteiger partial charge in [0.15, 0.2) is 0 Å². The monoisotopic (exact) mass is 371 g/mol. The van der Waals surface area contributed by atoms with Gasteiger partial charge in [0, 0.05) is 24.7 Å². The van der Waals surface area contributed by atoms with Gasteiger partial charge in [0.1, 0.15) is 5.82 Å². The number of amides is 2. The van der Waals surface area contributed by atoms with Crippen molar-refractivity contribution in [1.82, 2.24) is 4.90 Å². The fraction of sp³-hybridized carbons (Fsp3) is 0.556. The summed E-state index contributed by atoms with van der Waals surface area (Å²) in [5.41, 5.74) is 6.54. The topological polar surface area (TPSA) is 75.4 Å². The van der Waals surface area contributed by atoms with Crippen LogP contribution in [0.2, 0.25) is 0 Å². The van der Waals surface area contributed by atoms with Crippen molar-refractivity contribution in [1.29, 1.82) is 0 Å². The Morgan fingerprint density at radius 2 is 1.80 bits per heavy atom. The van der Waals surface area contributed by atoms with Crippen LogP contribution in [0, 0.1) is 17.7 Å². The molecule has 1 aliphatic heterocycles. The Kier molecular flexibility index (Phi) is 8.32. The molecule has 0 bridgehead atoms. The zero-order valence-corrected chi connectivity index (χ0v) is 15.5. The van der Waals surface area contributed by atoms with Gasteiger partial charge in [-0.2, -0.15) is 0 Å². The van der Waals surface area contributed by atoms with E-state index in [9.17, 15) is 14.0 Å². The lowest BCUT2D eigenvalue weighted by Gasteiger charge is -2.33. The van der Waals surface area contributed by atoms with Gasteiger partial charge in [-0.1, -0.05) is 13.8 Å². The first-order valence-corrected chi connectivity index (χ1v) is 8.47. The first-order valence-electron chi connectivity index (χ1n) is 8.47. The number of nitrogens with two attached hydrogens (primary N) is 1. The molecule has 2 rings (SSSR count). The number of hydrogen-bond donors (Lipinski definition) is 2. The summed E-state index contributed by atoms with van der Waals surface area (Å²) in [5.74, 6) is -0.206. The molecule has 1 aromatic carbocycles. The molecular weight excluding hydrogens is 345 g/mol. The van der Waals surface area contributed by atoms with E-state index in [1.54, 1.807) is 4.90 Å². The Morgan fingerprint density at radius 3 is 2.32 bits per heavy atom. The smallest absolute Gasteiger partial charge is 0.239 e. The molecule has 1 saturated heterocycles. The fourth-order valence-corrected chi connectivity index (χ4v) is 2.98. The average Bonchev–Trinajstić information content (AvgIpc) is 2.55. The maximum Gasteiger partial charge on any atom is 0.239 e. The van der Waals surface area contributed by atoms with Gasteiger partial charge in [-0.15, -0.1) is 12.4 Å². The molecular formula is C18H27ClFN3O2. The van der Waals surface area contributed by atoms with Gasteiger partial charge in [-0.05, 0) is 49.4 Å². The molecule has 0 spiro atoms. The second kappa shape index (κ2) is 9.73. The van der Waals surface area contributed by atoms with Crippen molar-refractivity contribution in [2.75, 3.05) is 18.4 Å². The van der Waals surface area contributed by atoms with E-state index in [0.29, 0.717) is 44.0 Å². The van der Waals surface area contributed by atoms with Crippen molar-refractivity contribution in [3.63, 3.8) is 0 Å². The number of piperidine rings is 1. The van der Waals surface area contributed by atoms with Crippen LogP contribution in [0.1, 0.15) is 33.1 Å². The highest BCUT2D eigenvalue weighted by molar-refractivity contribution is 5.92. The van der Waals surface area contributed by atoms with Crippen LogP contribution in [0.4, 0.5) is 10.1 Å². The van der Waals surface area contributed by atoms with Crippen molar-refractivity contribution in [3.05, 3.63) is 30.1 Å². The Labute approximate surface area is 154 Å². The maximum atomic E-state index is 12.9. The highest BCUT2D eigenvalue weighted by Gasteiger charge is 2.29. The van der Waals surface area contributed by atoms with Crippen LogP contribution in [0.3, 0.4) is 0 Å². The molecule has 1 heterocycles. The maximum absolute atomic E-state index is 12.9. The van der Waals surface area contributed by atoms with E-state index in [-0.39, 0.29) is 36.0 Å². The summed E-state index contributed by atoms with van der Waals surface area (Å²) in [5, 5.41) is 2.80. The highest BCUT2D eigenvalue weighted by atomic mass is 35.5. The highest BCUT2D eigenvalue weighted by Crippen LogP contribution is 2.21. The molecule has 1 aromatic rings. The number of halogens is 2. The normalized spacial score (nSPS) is 16.3. The molecule has 2 amide bonds. The van der Waals surface area contributed by atoms with Gasteiger partial charge in [0.25, 0.3) is 0 Å². The molecule has 1 aliphatic rings. The first-order chi connectivity index (χ1) is 11.4. The van der Waals surface area contributed by atoms with Crippen LogP contribution in [-0.4, -0.2) is 35.8 Å².